The molecule has 12 rings (SSSR count). The molecule has 0 fully saturated rings. The van der Waals surface area contributed by atoms with Gasteiger partial charge in [0.05, 0.1) is 0 Å². The van der Waals surface area contributed by atoms with Gasteiger partial charge in [0.15, 0.2) is 34.9 Å². The molecule has 0 spiro atoms. The lowest BCUT2D eigenvalue weighted by molar-refractivity contribution is 0.660. The van der Waals surface area contributed by atoms with Gasteiger partial charge < -0.3 is 0 Å². The standard InChI is InChI=1S/C59H40N6/c1-59(2)51-29-17-16-28-46(51)47-31-30-40(36-52(47)59)55-63-57(48-33-32-41(37-18-6-3-7-19-37)42-24-12-13-25-43(42)48)65-58(64-55)50-35-34-49(44-26-14-15-27-45(44)50)56-61-53(38-20-8-4-9-21-38)60-54(62-56)39-22-10-5-11-23-39/h3-36H,1-2H3. The highest BCUT2D eigenvalue weighted by Crippen LogP contribution is 2.49. The van der Waals surface area contributed by atoms with Crippen molar-refractivity contribution in [2.45, 2.75) is 19.3 Å². The van der Waals surface area contributed by atoms with E-state index in [1.807, 2.05) is 60.7 Å². The van der Waals surface area contributed by atoms with Crippen molar-refractivity contribution >= 4 is 21.5 Å². The highest BCUT2D eigenvalue weighted by molar-refractivity contribution is 6.06. The SMILES string of the molecule is CC1(C)c2ccccc2-c2ccc(-c3nc(-c4ccc(-c5ccccc5)c5ccccc45)nc(-c4ccc(-c5nc(-c6ccccc6)nc(-c6ccccc6)n5)c5ccccc45)n3)cc21. The largest absolute Gasteiger partial charge is 0.208 e. The molecule has 0 saturated carbocycles. The zero-order valence-electron chi connectivity index (χ0n) is 35.8. The van der Waals surface area contributed by atoms with Crippen LogP contribution in [0.4, 0.5) is 0 Å². The summed E-state index contributed by atoms with van der Waals surface area (Å²) in [4.78, 5) is 31.3. The molecule has 0 saturated heterocycles. The third-order valence-electron chi connectivity index (χ3n) is 12.8. The highest BCUT2D eigenvalue weighted by Gasteiger charge is 2.35. The molecule has 65 heavy (non-hydrogen) atoms. The van der Waals surface area contributed by atoms with Gasteiger partial charge in [-0.1, -0.05) is 196 Å². The maximum absolute atomic E-state index is 5.38. The zero-order chi connectivity index (χ0) is 43.5. The Balaban J connectivity index is 1.07. The maximum atomic E-state index is 5.38. The Morgan fingerprint density at radius 2 is 0.585 bits per heavy atom. The van der Waals surface area contributed by atoms with E-state index in [1.54, 1.807) is 0 Å². The van der Waals surface area contributed by atoms with E-state index in [9.17, 15) is 0 Å². The van der Waals surface area contributed by atoms with Crippen LogP contribution in [0.5, 0.6) is 0 Å². The summed E-state index contributed by atoms with van der Waals surface area (Å²) in [5.41, 5.74) is 12.7. The Bertz CT molecular complexity index is 3570. The predicted molar refractivity (Wildman–Crippen MR) is 264 cm³/mol. The number of rotatable bonds is 7. The molecule has 0 radical (unpaired) electrons. The Kier molecular flexibility index (Phi) is 9.05. The molecule has 6 heteroatoms. The Labute approximate surface area is 377 Å². The lowest BCUT2D eigenvalue weighted by atomic mass is 9.82. The van der Waals surface area contributed by atoms with Crippen LogP contribution in [-0.4, -0.2) is 29.9 Å². The number of hydrogen-bond acceptors (Lipinski definition) is 6. The van der Waals surface area contributed by atoms with Gasteiger partial charge >= 0.3 is 0 Å². The molecule has 0 bridgehead atoms. The Hall–Kier alpha value is -8.48. The molecular weight excluding hydrogens is 793 g/mol. The van der Waals surface area contributed by atoms with Crippen LogP contribution in [0, 0.1) is 0 Å². The van der Waals surface area contributed by atoms with Crippen molar-refractivity contribution in [1.82, 2.24) is 29.9 Å². The van der Waals surface area contributed by atoms with Gasteiger partial charge in [0.2, 0.25) is 0 Å². The van der Waals surface area contributed by atoms with E-state index in [-0.39, 0.29) is 5.41 Å². The van der Waals surface area contributed by atoms with Crippen LogP contribution in [-0.2, 0) is 5.41 Å². The molecule has 11 aromatic rings. The number of aromatic nitrogens is 6. The Morgan fingerprint density at radius 1 is 0.246 bits per heavy atom. The van der Waals surface area contributed by atoms with Gasteiger partial charge in [-0.25, -0.2) is 29.9 Å². The van der Waals surface area contributed by atoms with Crippen molar-refractivity contribution in [3.63, 3.8) is 0 Å². The molecule has 2 aromatic heterocycles. The van der Waals surface area contributed by atoms with Gasteiger partial charge in [0.25, 0.3) is 0 Å². The average Bonchev–Trinajstić information content (AvgIpc) is 3.61. The van der Waals surface area contributed by atoms with Gasteiger partial charge in [-0.15, -0.1) is 0 Å². The monoisotopic (exact) mass is 832 g/mol. The van der Waals surface area contributed by atoms with E-state index in [1.165, 1.54) is 22.3 Å². The molecule has 0 unspecified atom stereocenters. The number of benzene rings is 9. The zero-order valence-corrected chi connectivity index (χ0v) is 35.8. The van der Waals surface area contributed by atoms with Gasteiger partial charge in [-0.3, -0.25) is 0 Å². The minimum atomic E-state index is -0.189. The first-order chi connectivity index (χ1) is 32.0. The summed E-state index contributed by atoms with van der Waals surface area (Å²) in [6, 6.07) is 71.6. The smallest absolute Gasteiger partial charge is 0.164 e. The first-order valence-electron chi connectivity index (χ1n) is 22.0. The lowest BCUT2D eigenvalue weighted by Gasteiger charge is -2.22. The Morgan fingerprint density at radius 3 is 1.09 bits per heavy atom. The van der Waals surface area contributed by atoms with Crippen LogP contribution < -0.4 is 0 Å². The molecule has 306 valence electrons. The molecule has 0 atom stereocenters. The molecule has 6 nitrogen and oxygen atoms in total. The van der Waals surface area contributed by atoms with Gasteiger partial charge in [-0.2, -0.15) is 0 Å². The number of hydrogen-bond donors (Lipinski definition) is 0. The molecule has 0 amide bonds. The summed E-state index contributed by atoms with van der Waals surface area (Å²) in [6.07, 6.45) is 0. The molecule has 1 aliphatic rings. The highest BCUT2D eigenvalue weighted by atomic mass is 15.0. The minimum Gasteiger partial charge on any atom is -0.208 e. The third kappa shape index (κ3) is 6.58. The fourth-order valence-electron chi connectivity index (χ4n) is 9.57. The average molecular weight is 833 g/mol. The number of nitrogens with zero attached hydrogens (tertiary/aromatic N) is 6. The van der Waals surface area contributed by atoms with Crippen molar-refractivity contribution in [2.75, 3.05) is 0 Å². The van der Waals surface area contributed by atoms with Crippen molar-refractivity contribution < 1.29 is 0 Å². The normalized spacial score (nSPS) is 12.6. The molecule has 9 aromatic carbocycles. The van der Waals surface area contributed by atoms with Crippen molar-refractivity contribution in [3.8, 4) is 90.6 Å². The van der Waals surface area contributed by atoms with Gasteiger partial charge in [0, 0.05) is 38.8 Å². The summed E-state index contributed by atoms with van der Waals surface area (Å²) in [6.45, 7) is 4.61. The quantitative estimate of drug-likeness (QED) is 0.159. The lowest BCUT2D eigenvalue weighted by Crippen LogP contribution is -2.15. The van der Waals surface area contributed by atoms with Crippen molar-refractivity contribution in [2.24, 2.45) is 0 Å². The maximum Gasteiger partial charge on any atom is 0.164 e. The molecule has 2 heterocycles. The van der Waals surface area contributed by atoms with E-state index in [0.717, 1.165) is 66.1 Å². The molecular formula is C59H40N6. The molecule has 0 N–H and O–H groups in total. The first kappa shape index (κ1) is 38.2. The fourth-order valence-corrected chi connectivity index (χ4v) is 9.57. The third-order valence-corrected chi connectivity index (χ3v) is 12.8. The second-order valence-electron chi connectivity index (χ2n) is 17.1. The van der Waals surface area contributed by atoms with Crippen molar-refractivity contribution in [3.05, 3.63) is 217 Å². The second kappa shape index (κ2) is 15.4. The minimum absolute atomic E-state index is 0.189. The molecule has 1 aliphatic carbocycles. The summed E-state index contributed by atoms with van der Waals surface area (Å²) in [5.74, 6) is 3.61. The summed E-state index contributed by atoms with van der Waals surface area (Å²) in [5, 5.41) is 4.16. The van der Waals surface area contributed by atoms with Crippen LogP contribution in [0.1, 0.15) is 25.0 Å². The molecule has 0 aliphatic heterocycles. The topological polar surface area (TPSA) is 77.3 Å². The van der Waals surface area contributed by atoms with Crippen LogP contribution in [0.15, 0.2) is 206 Å². The van der Waals surface area contributed by atoms with E-state index in [2.05, 4.69) is 159 Å². The van der Waals surface area contributed by atoms with Crippen LogP contribution in [0.2, 0.25) is 0 Å². The van der Waals surface area contributed by atoms with E-state index in [4.69, 9.17) is 29.9 Å². The first-order valence-corrected chi connectivity index (χ1v) is 22.0. The van der Waals surface area contributed by atoms with Crippen molar-refractivity contribution in [1.29, 1.82) is 0 Å². The summed E-state index contributed by atoms with van der Waals surface area (Å²) in [7, 11) is 0. The van der Waals surface area contributed by atoms with Gasteiger partial charge in [-0.05, 0) is 79.2 Å². The van der Waals surface area contributed by atoms with E-state index in [0.29, 0.717) is 34.9 Å². The van der Waals surface area contributed by atoms with E-state index >= 15 is 0 Å². The second-order valence-corrected chi connectivity index (χ2v) is 17.1. The summed E-state index contributed by atoms with van der Waals surface area (Å²) >= 11 is 0. The summed E-state index contributed by atoms with van der Waals surface area (Å²) < 4.78 is 0. The fraction of sp³-hybridized carbons (Fsp3) is 0.0508. The van der Waals surface area contributed by atoms with Crippen LogP contribution in [0.25, 0.3) is 112 Å². The van der Waals surface area contributed by atoms with E-state index < -0.39 is 0 Å². The predicted octanol–water partition coefficient (Wildman–Crippen LogP) is 14.3. The van der Waals surface area contributed by atoms with Gasteiger partial charge in [0.1, 0.15) is 0 Å². The van der Waals surface area contributed by atoms with Crippen LogP contribution >= 0.6 is 0 Å². The number of fused-ring (bicyclic) bond motifs is 5. The van der Waals surface area contributed by atoms with Crippen LogP contribution in [0.3, 0.4) is 0 Å².